The predicted molar refractivity (Wildman–Crippen MR) is 83.5 cm³/mol. The smallest absolute Gasteiger partial charge is 0.383 e. The Kier molecular flexibility index (Phi) is 5.56. The summed E-state index contributed by atoms with van der Waals surface area (Å²) in [6.07, 6.45) is -3.29. The molecule has 4 nitrogen and oxygen atoms in total. The van der Waals surface area contributed by atoms with Crippen LogP contribution < -0.4 is 5.32 Å². The minimum atomic E-state index is -4.46. The molecule has 1 aromatic carbocycles. The Hall–Kier alpha value is -2.41. The van der Waals surface area contributed by atoms with Gasteiger partial charge in [-0.2, -0.15) is 13.2 Å². The van der Waals surface area contributed by atoms with Crippen LogP contribution in [0, 0.1) is 0 Å². The molecule has 1 aromatic heterocycles. The van der Waals surface area contributed by atoms with Gasteiger partial charge in [0, 0.05) is 30.5 Å². The highest BCUT2D eigenvalue weighted by Gasteiger charge is 2.32. The minimum absolute atomic E-state index is 0.124. The number of aromatic nitrogens is 1. The summed E-state index contributed by atoms with van der Waals surface area (Å²) in [7, 11) is 1.55. The average molecular weight is 338 g/mol. The zero-order valence-electron chi connectivity index (χ0n) is 13.2. The maximum atomic E-state index is 12.5. The van der Waals surface area contributed by atoms with E-state index in [1.807, 2.05) is 6.92 Å². The van der Waals surface area contributed by atoms with E-state index in [0.29, 0.717) is 23.3 Å². The number of carbonyl (C=O) groups is 1. The Balaban J connectivity index is 2.10. The third-order valence-electron chi connectivity index (χ3n) is 3.33. The second-order valence-corrected chi connectivity index (χ2v) is 5.34. The predicted octanol–water partition coefficient (Wildman–Crippen LogP) is 3.53. The average Bonchev–Trinajstić information content (AvgIpc) is 2.54. The van der Waals surface area contributed by atoms with Crippen molar-refractivity contribution in [2.45, 2.75) is 19.1 Å². The second-order valence-electron chi connectivity index (χ2n) is 5.34. The van der Waals surface area contributed by atoms with Crippen molar-refractivity contribution in [3.05, 3.63) is 53.9 Å². The third-order valence-corrected chi connectivity index (χ3v) is 3.33. The maximum absolute atomic E-state index is 12.5. The van der Waals surface area contributed by atoms with Gasteiger partial charge in [-0.3, -0.25) is 9.78 Å². The summed E-state index contributed by atoms with van der Waals surface area (Å²) in [6.45, 7) is 2.23. The number of hydrogen-bond donors (Lipinski definition) is 1. The monoisotopic (exact) mass is 338 g/mol. The number of nitrogens with zero attached hydrogens (tertiary/aromatic N) is 1. The van der Waals surface area contributed by atoms with Gasteiger partial charge in [0.05, 0.1) is 6.61 Å². The molecule has 1 N–H and O–H groups in total. The van der Waals surface area contributed by atoms with Crippen molar-refractivity contribution in [3.63, 3.8) is 0 Å². The van der Waals surface area contributed by atoms with Crippen molar-refractivity contribution in [1.29, 1.82) is 0 Å². The molecule has 0 fully saturated rings. The standard InChI is InChI=1S/C17H17F3N2O2/c1-11(10-24-2)22-16(23)13-5-3-12(4-6-13)14-7-8-15(21-9-14)17(18,19)20/h3-9,11H,10H2,1-2H3,(H,22,23)/t11-/m0/s1. The lowest BCUT2D eigenvalue weighted by Crippen LogP contribution is -2.35. The SMILES string of the molecule is COC[C@H](C)NC(=O)c1ccc(-c2ccc(C(F)(F)F)nc2)cc1. The van der Waals surface area contributed by atoms with Gasteiger partial charge in [-0.25, -0.2) is 0 Å². The van der Waals surface area contributed by atoms with Gasteiger partial charge < -0.3 is 10.1 Å². The first-order chi connectivity index (χ1) is 11.3. The van der Waals surface area contributed by atoms with Gasteiger partial charge in [-0.1, -0.05) is 18.2 Å². The first kappa shape index (κ1) is 17.9. The molecule has 1 amide bonds. The van der Waals surface area contributed by atoms with Gasteiger partial charge in [0.2, 0.25) is 0 Å². The molecule has 0 saturated heterocycles. The molecule has 128 valence electrons. The summed E-state index contributed by atoms with van der Waals surface area (Å²) in [5.74, 6) is -0.239. The Bertz CT molecular complexity index is 682. The number of rotatable bonds is 5. The lowest BCUT2D eigenvalue weighted by atomic mass is 10.0. The zero-order valence-corrected chi connectivity index (χ0v) is 13.2. The Morgan fingerprint density at radius 3 is 2.29 bits per heavy atom. The molecular formula is C17H17F3N2O2. The van der Waals surface area contributed by atoms with Crippen LogP contribution in [-0.4, -0.2) is 30.6 Å². The van der Waals surface area contributed by atoms with Crippen LogP contribution in [0.15, 0.2) is 42.6 Å². The van der Waals surface area contributed by atoms with Gasteiger partial charge in [-0.15, -0.1) is 0 Å². The number of alkyl halides is 3. The number of hydrogen-bond acceptors (Lipinski definition) is 3. The van der Waals surface area contributed by atoms with Crippen LogP contribution in [0.5, 0.6) is 0 Å². The molecule has 0 spiro atoms. The fraction of sp³-hybridized carbons (Fsp3) is 0.294. The molecule has 2 rings (SSSR count). The molecule has 0 saturated carbocycles. The summed E-state index contributed by atoms with van der Waals surface area (Å²) >= 11 is 0. The van der Waals surface area contributed by atoms with Crippen LogP contribution in [0.25, 0.3) is 11.1 Å². The lowest BCUT2D eigenvalue weighted by molar-refractivity contribution is -0.141. The number of ether oxygens (including phenoxy) is 1. The van der Waals surface area contributed by atoms with Crippen molar-refractivity contribution in [2.24, 2.45) is 0 Å². The highest BCUT2D eigenvalue weighted by molar-refractivity contribution is 5.94. The van der Waals surface area contributed by atoms with Crippen LogP contribution in [0.2, 0.25) is 0 Å². The maximum Gasteiger partial charge on any atom is 0.433 e. The Morgan fingerprint density at radius 2 is 1.79 bits per heavy atom. The van der Waals surface area contributed by atoms with E-state index in [0.717, 1.165) is 6.07 Å². The molecular weight excluding hydrogens is 321 g/mol. The van der Waals surface area contributed by atoms with E-state index in [9.17, 15) is 18.0 Å². The summed E-state index contributed by atoms with van der Waals surface area (Å²) in [4.78, 5) is 15.5. The van der Waals surface area contributed by atoms with Crippen molar-refractivity contribution < 1.29 is 22.7 Å². The first-order valence-electron chi connectivity index (χ1n) is 7.24. The highest BCUT2D eigenvalue weighted by Crippen LogP contribution is 2.29. The van der Waals surface area contributed by atoms with Crippen LogP contribution in [0.1, 0.15) is 23.0 Å². The fourth-order valence-electron chi connectivity index (χ4n) is 2.15. The summed E-state index contributed by atoms with van der Waals surface area (Å²) < 4.78 is 42.5. The van der Waals surface area contributed by atoms with Gasteiger partial charge in [0.1, 0.15) is 5.69 Å². The Labute approximate surface area is 137 Å². The quantitative estimate of drug-likeness (QED) is 0.907. The summed E-state index contributed by atoms with van der Waals surface area (Å²) in [5, 5.41) is 2.78. The molecule has 0 radical (unpaired) electrons. The van der Waals surface area contributed by atoms with Crippen molar-refractivity contribution >= 4 is 5.91 Å². The number of amides is 1. The molecule has 1 atom stereocenters. The fourth-order valence-corrected chi connectivity index (χ4v) is 2.15. The van der Waals surface area contributed by atoms with Gasteiger partial charge in [-0.05, 0) is 30.7 Å². The van der Waals surface area contributed by atoms with Gasteiger partial charge in [0.15, 0.2) is 0 Å². The van der Waals surface area contributed by atoms with Crippen LogP contribution in [-0.2, 0) is 10.9 Å². The molecule has 0 bridgehead atoms. The molecule has 0 unspecified atom stereocenters. The van der Waals surface area contributed by atoms with Gasteiger partial charge in [0.25, 0.3) is 5.91 Å². The van der Waals surface area contributed by atoms with E-state index in [2.05, 4.69) is 10.3 Å². The molecule has 7 heteroatoms. The van der Waals surface area contributed by atoms with E-state index in [1.165, 1.54) is 12.3 Å². The van der Waals surface area contributed by atoms with Crippen molar-refractivity contribution in [2.75, 3.05) is 13.7 Å². The number of nitrogens with one attached hydrogen (secondary N) is 1. The van der Waals surface area contributed by atoms with E-state index >= 15 is 0 Å². The van der Waals surface area contributed by atoms with Crippen molar-refractivity contribution in [3.8, 4) is 11.1 Å². The number of carbonyl (C=O) groups excluding carboxylic acids is 1. The summed E-state index contributed by atoms with van der Waals surface area (Å²) in [5.41, 5.74) is 0.747. The topological polar surface area (TPSA) is 51.2 Å². The van der Waals surface area contributed by atoms with Crippen LogP contribution >= 0.6 is 0 Å². The number of halogens is 3. The third kappa shape index (κ3) is 4.55. The summed E-state index contributed by atoms with van der Waals surface area (Å²) in [6, 6.07) is 8.72. The van der Waals surface area contributed by atoms with Crippen LogP contribution in [0.3, 0.4) is 0 Å². The zero-order chi connectivity index (χ0) is 17.7. The second kappa shape index (κ2) is 7.44. The van der Waals surface area contributed by atoms with Crippen LogP contribution in [0.4, 0.5) is 13.2 Å². The number of methoxy groups -OCH3 is 1. The minimum Gasteiger partial charge on any atom is -0.383 e. The highest BCUT2D eigenvalue weighted by atomic mass is 19.4. The number of benzene rings is 1. The van der Waals surface area contributed by atoms with Crippen molar-refractivity contribution in [1.82, 2.24) is 10.3 Å². The molecule has 0 aliphatic rings. The molecule has 24 heavy (non-hydrogen) atoms. The van der Waals surface area contributed by atoms with Gasteiger partial charge >= 0.3 is 6.18 Å². The molecule has 0 aliphatic carbocycles. The molecule has 2 aromatic rings. The normalized spacial score (nSPS) is 12.7. The van der Waals surface area contributed by atoms with E-state index in [4.69, 9.17) is 4.74 Å². The van der Waals surface area contributed by atoms with E-state index in [1.54, 1.807) is 31.4 Å². The first-order valence-corrected chi connectivity index (χ1v) is 7.24. The molecule has 1 heterocycles. The van der Waals surface area contributed by atoms with E-state index in [-0.39, 0.29) is 11.9 Å². The largest absolute Gasteiger partial charge is 0.433 e. The lowest BCUT2D eigenvalue weighted by Gasteiger charge is -2.13. The van der Waals surface area contributed by atoms with E-state index < -0.39 is 11.9 Å². The Morgan fingerprint density at radius 1 is 1.17 bits per heavy atom. The molecule has 0 aliphatic heterocycles. The number of pyridine rings is 1.